The molecule has 4 atom stereocenters. The van der Waals surface area contributed by atoms with Crippen LogP contribution in [0, 0.1) is 22.7 Å². The maximum atomic E-state index is 6.61. The van der Waals surface area contributed by atoms with Crippen molar-refractivity contribution in [2.45, 2.75) is 62.8 Å². The average Bonchev–Trinajstić information content (AvgIpc) is 2.76. The zero-order valence-electron chi connectivity index (χ0n) is 11.9. The molecule has 3 rings (SSSR count). The third-order valence-corrected chi connectivity index (χ3v) is 7.57. The molecule has 18 heavy (non-hydrogen) atoms. The van der Waals surface area contributed by atoms with Gasteiger partial charge in [-0.05, 0) is 37.0 Å². The summed E-state index contributed by atoms with van der Waals surface area (Å²) in [5.74, 6) is 1.00. The number of alkyl halides is 2. The number of hydrogen-bond acceptors (Lipinski definition) is 1. The summed E-state index contributed by atoms with van der Waals surface area (Å²) in [5.41, 5.74) is 0.218. The van der Waals surface area contributed by atoms with Crippen molar-refractivity contribution in [3.63, 3.8) is 0 Å². The number of methoxy groups -OCH3 is 1. The molecule has 3 aliphatic carbocycles. The van der Waals surface area contributed by atoms with E-state index in [1.54, 1.807) is 7.11 Å². The van der Waals surface area contributed by atoms with Crippen molar-refractivity contribution in [2.24, 2.45) is 22.7 Å². The van der Waals surface area contributed by atoms with E-state index >= 15 is 0 Å². The molecule has 0 aromatic rings. The van der Waals surface area contributed by atoms with Crippen LogP contribution in [0.1, 0.15) is 52.9 Å². The number of hydrogen-bond donors (Lipinski definition) is 0. The first kappa shape index (κ1) is 13.5. The minimum Gasteiger partial charge on any atom is -0.374 e. The Morgan fingerprint density at radius 1 is 1.00 bits per heavy atom. The van der Waals surface area contributed by atoms with Crippen LogP contribution in [-0.2, 0) is 4.74 Å². The molecule has 0 N–H and O–H groups in total. The van der Waals surface area contributed by atoms with Gasteiger partial charge < -0.3 is 4.74 Å². The van der Waals surface area contributed by atoms with Gasteiger partial charge in [-0.25, -0.2) is 0 Å². The molecule has 0 spiro atoms. The smallest absolute Gasteiger partial charge is 0.153 e. The molecule has 0 aliphatic heterocycles. The van der Waals surface area contributed by atoms with Crippen molar-refractivity contribution in [1.82, 2.24) is 0 Å². The Kier molecular flexibility index (Phi) is 2.70. The van der Waals surface area contributed by atoms with E-state index in [4.69, 9.17) is 27.9 Å². The molecule has 3 fully saturated rings. The zero-order valence-corrected chi connectivity index (χ0v) is 13.4. The van der Waals surface area contributed by atoms with Crippen molar-refractivity contribution < 1.29 is 4.74 Å². The molecule has 0 aromatic carbocycles. The molecular formula is C15H24Cl2O. The number of rotatable bonds is 1. The second kappa shape index (κ2) is 3.59. The molecule has 0 amide bonds. The molecule has 0 unspecified atom stereocenters. The molecule has 3 heteroatoms. The molecular weight excluding hydrogens is 267 g/mol. The molecule has 1 nitrogen and oxygen atoms in total. The number of halogens is 2. The van der Waals surface area contributed by atoms with Gasteiger partial charge in [0, 0.05) is 18.4 Å². The van der Waals surface area contributed by atoms with E-state index in [9.17, 15) is 0 Å². The molecule has 3 saturated carbocycles. The lowest BCUT2D eigenvalue weighted by atomic mass is 9.50. The van der Waals surface area contributed by atoms with Gasteiger partial charge in [-0.3, -0.25) is 0 Å². The van der Waals surface area contributed by atoms with E-state index in [-0.39, 0.29) is 11.0 Å². The fourth-order valence-corrected chi connectivity index (χ4v) is 7.00. The molecule has 104 valence electrons. The minimum atomic E-state index is -0.668. The van der Waals surface area contributed by atoms with Crippen molar-refractivity contribution in [1.29, 1.82) is 0 Å². The molecule has 0 heterocycles. The molecule has 0 radical (unpaired) electrons. The second-order valence-corrected chi connectivity index (χ2v) is 8.89. The Morgan fingerprint density at radius 3 is 2.22 bits per heavy atom. The standard InChI is InChI=1S/C15H24Cl2O/c1-12(2)8-5-9-13(3)10(12)6-7-11-14(13,18-4)15(11,16)17/h10-11H,5-9H2,1-4H3/t10-,11+,13-,14-/m0/s1. The topological polar surface area (TPSA) is 9.23 Å². The van der Waals surface area contributed by atoms with Gasteiger partial charge in [-0.2, -0.15) is 0 Å². The largest absolute Gasteiger partial charge is 0.374 e. The molecule has 0 aromatic heterocycles. The van der Waals surface area contributed by atoms with E-state index in [1.807, 2.05) is 0 Å². The van der Waals surface area contributed by atoms with Gasteiger partial charge in [-0.15, -0.1) is 0 Å². The first-order valence-electron chi connectivity index (χ1n) is 7.17. The first-order valence-corrected chi connectivity index (χ1v) is 7.92. The molecule has 0 saturated heterocycles. The van der Waals surface area contributed by atoms with E-state index in [1.165, 1.54) is 25.7 Å². The van der Waals surface area contributed by atoms with Crippen molar-refractivity contribution in [3.8, 4) is 0 Å². The van der Waals surface area contributed by atoms with Gasteiger partial charge in [0.25, 0.3) is 0 Å². The van der Waals surface area contributed by atoms with Gasteiger partial charge in [0.15, 0.2) is 4.33 Å². The fourth-order valence-electron chi connectivity index (χ4n) is 5.73. The summed E-state index contributed by atoms with van der Waals surface area (Å²) < 4.78 is 5.30. The third-order valence-electron chi connectivity index (χ3n) is 6.48. The van der Waals surface area contributed by atoms with Crippen molar-refractivity contribution in [2.75, 3.05) is 7.11 Å². The maximum Gasteiger partial charge on any atom is 0.153 e. The lowest BCUT2D eigenvalue weighted by Gasteiger charge is -2.57. The lowest BCUT2D eigenvalue weighted by Crippen LogP contribution is -2.55. The summed E-state index contributed by atoms with van der Waals surface area (Å²) in [6, 6.07) is 0. The summed E-state index contributed by atoms with van der Waals surface area (Å²) in [4.78, 5) is 0. The summed E-state index contributed by atoms with van der Waals surface area (Å²) in [6.07, 6.45) is 6.15. The Labute approximate surface area is 121 Å². The third kappa shape index (κ3) is 1.25. The van der Waals surface area contributed by atoms with E-state index in [0.29, 0.717) is 17.3 Å². The van der Waals surface area contributed by atoms with Crippen LogP contribution in [0.2, 0.25) is 0 Å². The van der Waals surface area contributed by atoms with Crippen molar-refractivity contribution in [3.05, 3.63) is 0 Å². The summed E-state index contributed by atoms with van der Waals surface area (Å²) >= 11 is 13.2. The van der Waals surface area contributed by atoms with Crippen LogP contribution in [0.5, 0.6) is 0 Å². The predicted molar refractivity (Wildman–Crippen MR) is 76.1 cm³/mol. The highest BCUT2D eigenvalue weighted by Gasteiger charge is 2.85. The number of fused-ring (bicyclic) bond motifs is 3. The Morgan fingerprint density at radius 2 is 1.61 bits per heavy atom. The lowest BCUT2D eigenvalue weighted by molar-refractivity contribution is -0.146. The summed E-state index contributed by atoms with van der Waals surface area (Å²) in [5, 5.41) is 0. The normalized spacial score (nSPS) is 52.3. The van der Waals surface area contributed by atoms with Crippen molar-refractivity contribution >= 4 is 23.2 Å². The predicted octanol–water partition coefficient (Wildman–Crippen LogP) is 4.80. The van der Waals surface area contributed by atoms with Crippen LogP contribution in [0.4, 0.5) is 0 Å². The minimum absolute atomic E-state index is 0.135. The van der Waals surface area contributed by atoms with Crippen LogP contribution >= 0.6 is 23.2 Å². The van der Waals surface area contributed by atoms with Crippen LogP contribution in [0.25, 0.3) is 0 Å². The van der Waals surface area contributed by atoms with E-state index < -0.39 is 4.33 Å². The van der Waals surface area contributed by atoms with Gasteiger partial charge in [-0.1, -0.05) is 50.4 Å². The Hall–Kier alpha value is 0.540. The van der Waals surface area contributed by atoms with Gasteiger partial charge in [0.05, 0.1) is 0 Å². The van der Waals surface area contributed by atoms with Crippen LogP contribution in [-0.4, -0.2) is 17.0 Å². The second-order valence-electron chi connectivity index (χ2n) is 7.50. The quantitative estimate of drug-likeness (QED) is 0.630. The number of ether oxygens (including phenoxy) is 1. The molecule has 3 aliphatic rings. The summed E-state index contributed by atoms with van der Waals surface area (Å²) in [6.45, 7) is 7.19. The fraction of sp³-hybridized carbons (Fsp3) is 1.00. The highest BCUT2D eigenvalue weighted by atomic mass is 35.5. The van der Waals surface area contributed by atoms with Gasteiger partial charge in [0.2, 0.25) is 0 Å². The van der Waals surface area contributed by atoms with E-state index in [2.05, 4.69) is 20.8 Å². The SMILES string of the molecule is CO[C@@]12[C@@H](CC[C@H]3C(C)(C)CCC[C@@]31C)C2(Cl)Cl. The summed E-state index contributed by atoms with van der Waals surface area (Å²) in [7, 11) is 1.80. The Balaban J connectivity index is 2.07. The van der Waals surface area contributed by atoms with Crippen LogP contribution in [0.15, 0.2) is 0 Å². The van der Waals surface area contributed by atoms with E-state index in [0.717, 1.165) is 6.42 Å². The average molecular weight is 291 g/mol. The van der Waals surface area contributed by atoms with Crippen LogP contribution in [0.3, 0.4) is 0 Å². The maximum absolute atomic E-state index is 6.61. The van der Waals surface area contributed by atoms with Crippen LogP contribution < -0.4 is 0 Å². The van der Waals surface area contributed by atoms with Gasteiger partial charge >= 0.3 is 0 Å². The first-order chi connectivity index (χ1) is 8.24. The Bertz CT molecular complexity index is 379. The highest BCUT2D eigenvalue weighted by Crippen LogP contribution is 2.80. The highest BCUT2D eigenvalue weighted by molar-refractivity contribution is 6.52. The van der Waals surface area contributed by atoms with Gasteiger partial charge in [0.1, 0.15) is 5.60 Å². The monoisotopic (exact) mass is 290 g/mol. The molecule has 0 bridgehead atoms. The zero-order chi connectivity index (χ0) is 13.4.